The molecule has 1 aliphatic rings. The summed E-state index contributed by atoms with van der Waals surface area (Å²) < 4.78 is 10.7. The van der Waals surface area contributed by atoms with Crippen LogP contribution in [-0.4, -0.2) is 37.9 Å². The van der Waals surface area contributed by atoms with Crippen LogP contribution in [0.15, 0.2) is 18.3 Å². The van der Waals surface area contributed by atoms with E-state index < -0.39 is 0 Å². The molecule has 0 spiro atoms. The molecule has 1 aromatic heterocycles. The van der Waals surface area contributed by atoms with Crippen LogP contribution in [0.25, 0.3) is 0 Å². The molecular weight excluding hydrogens is 240 g/mol. The van der Waals surface area contributed by atoms with Crippen molar-refractivity contribution >= 4 is 0 Å². The van der Waals surface area contributed by atoms with Crippen molar-refractivity contribution in [3.05, 3.63) is 23.9 Å². The summed E-state index contributed by atoms with van der Waals surface area (Å²) >= 11 is 0. The van der Waals surface area contributed by atoms with E-state index in [1.807, 2.05) is 12.3 Å². The molecular formula is C15H24N2O2. The van der Waals surface area contributed by atoms with Gasteiger partial charge in [0, 0.05) is 24.9 Å². The maximum atomic E-state index is 5.61. The van der Waals surface area contributed by atoms with E-state index in [0.717, 1.165) is 26.2 Å². The lowest BCUT2D eigenvalue weighted by molar-refractivity contribution is 0.0396. The topological polar surface area (TPSA) is 43.4 Å². The molecule has 2 heterocycles. The van der Waals surface area contributed by atoms with Gasteiger partial charge in [-0.1, -0.05) is 13.0 Å². The number of nitrogens with one attached hydrogen (secondary N) is 1. The summed E-state index contributed by atoms with van der Waals surface area (Å²) in [6, 6.07) is 4.50. The molecule has 1 aromatic rings. The average molecular weight is 264 g/mol. The van der Waals surface area contributed by atoms with Crippen LogP contribution in [0.3, 0.4) is 0 Å². The zero-order valence-electron chi connectivity index (χ0n) is 11.9. The van der Waals surface area contributed by atoms with Gasteiger partial charge >= 0.3 is 0 Å². The molecule has 1 saturated heterocycles. The first-order valence-corrected chi connectivity index (χ1v) is 7.13. The Hall–Kier alpha value is -1.13. The van der Waals surface area contributed by atoms with Crippen molar-refractivity contribution in [2.45, 2.75) is 32.2 Å². The predicted molar refractivity (Wildman–Crippen MR) is 75.5 cm³/mol. The van der Waals surface area contributed by atoms with Gasteiger partial charge in [-0.3, -0.25) is 0 Å². The van der Waals surface area contributed by atoms with Gasteiger partial charge in [0.15, 0.2) is 0 Å². The number of likely N-dealkylation sites (N-methyl/N-ethyl adjacent to an activating group) is 1. The van der Waals surface area contributed by atoms with Gasteiger partial charge in [-0.05, 0) is 37.3 Å². The van der Waals surface area contributed by atoms with E-state index in [1.165, 1.54) is 18.4 Å². The second kappa shape index (κ2) is 7.46. The van der Waals surface area contributed by atoms with Gasteiger partial charge in [0.2, 0.25) is 5.88 Å². The average Bonchev–Trinajstić information content (AvgIpc) is 2.48. The lowest BCUT2D eigenvalue weighted by Crippen LogP contribution is -2.41. The summed E-state index contributed by atoms with van der Waals surface area (Å²) in [5, 5.41) is 3.59. The van der Waals surface area contributed by atoms with E-state index in [2.05, 4.69) is 23.3 Å². The van der Waals surface area contributed by atoms with E-state index in [4.69, 9.17) is 9.47 Å². The van der Waals surface area contributed by atoms with E-state index in [-0.39, 0.29) is 0 Å². The molecule has 2 unspecified atom stereocenters. The van der Waals surface area contributed by atoms with Crippen molar-refractivity contribution in [3.8, 4) is 5.88 Å². The smallest absolute Gasteiger partial charge is 0.212 e. The van der Waals surface area contributed by atoms with Crippen molar-refractivity contribution in [1.82, 2.24) is 10.3 Å². The van der Waals surface area contributed by atoms with Crippen molar-refractivity contribution < 1.29 is 9.47 Å². The number of hydrogen-bond donors (Lipinski definition) is 1. The predicted octanol–water partition coefficient (Wildman–Crippen LogP) is 2.04. The van der Waals surface area contributed by atoms with Gasteiger partial charge in [-0.15, -0.1) is 0 Å². The van der Waals surface area contributed by atoms with Gasteiger partial charge in [-0.2, -0.15) is 0 Å². The second-order valence-electron chi connectivity index (χ2n) is 5.05. The van der Waals surface area contributed by atoms with Crippen molar-refractivity contribution in [1.29, 1.82) is 0 Å². The number of pyridine rings is 1. The zero-order valence-corrected chi connectivity index (χ0v) is 11.9. The van der Waals surface area contributed by atoms with Crippen LogP contribution in [0.4, 0.5) is 0 Å². The molecule has 19 heavy (non-hydrogen) atoms. The molecule has 1 N–H and O–H groups in total. The molecule has 2 atom stereocenters. The lowest BCUT2D eigenvalue weighted by atomic mass is 9.89. The van der Waals surface area contributed by atoms with Gasteiger partial charge < -0.3 is 14.8 Å². The van der Waals surface area contributed by atoms with E-state index >= 15 is 0 Å². The van der Waals surface area contributed by atoms with Crippen LogP contribution in [0, 0.1) is 5.92 Å². The zero-order chi connectivity index (χ0) is 13.5. The van der Waals surface area contributed by atoms with Crippen molar-refractivity contribution in [2.24, 2.45) is 5.92 Å². The number of ether oxygens (including phenoxy) is 2. The molecule has 0 saturated carbocycles. The summed E-state index contributed by atoms with van der Waals surface area (Å²) in [5.41, 5.74) is 1.25. The first-order valence-electron chi connectivity index (χ1n) is 7.13. The highest BCUT2D eigenvalue weighted by Gasteiger charge is 2.23. The standard InChI is InChI=1S/C15H24N2O2/c1-3-16-14(13-5-4-8-19-11-13)9-12-6-7-15(18-2)17-10-12/h6-7,10,13-14,16H,3-5,8-9,11H2,1-2H3. The summed E-state index contributed by atoms with van der Waals surface area (Å²) in [4.78, 5) is 4.27. The Labute approximate surface area is 115 Å². The lowest BCUT2D eigenvalue weighted by Gasteiger charge is -2.31. The monoisotopic (exact) mass is 264 g/mol. The summed E-state index contributed by atoms with van der Waals surface area (Å²) in [6.07, 6.45) is 5.33. The van der Waals surface area contributed by atoms with Crippen LogP contribution in [-0.2, 0) is 11.2 Å². The highest BCUT2D eigenvalue weighted by molar-refractivity contribution is 5.18. The maximum absolute atomic E-state index is 5.61. The minimum Gasteiger partial charge on any atom is -0.481 e. The van der Waals surface area contributed by atoms with Gasteiger partial charge in [0.05, 0.1) is 13.7 Å². The van der Waals surface area contributed by atoms with Gasteiger partial charge in [-0.25, -0.2) is 4.98 Å². The normalized spacial score (nSPS) is 21.1. The third-order valence-corrected chi connectivity index (χ3v) is 3.69. The molecule has 4 heteroatoms. The fraction of sp³-hybridized carbons (Fsp3) is 0.667. The van der Waals surface area contributed by atoms with E-state index in [0.29, 0.717) is 17.8 Å². The fourth-order valence-corrected chi connectivity index (χ4v) is 2.66. The highest BCUT2D eigenvalue weighted by Crippen LogP contribution is 2.20. The van der Waals surface area contributed by atoms with Crippen LogP contribution in [0.2, 0.25) is 0 Å². The molecule has 1 aliphatic heterocycles. The molecule has 0 radical (unpaired) electrons. The molecule has 2 rings (SSSR count). The molecule has 0 aliphatic carbocycles. The quantitative estimate of drug-likeness (QED) is 0.854. The summed E-state index contributed by atoms with van der Waals surface area (Å²) in [5.74, 6) is 1.28. The molecule has 1 fully saturated rings. The Kier molecular flexibility index (Phi) is 5.61. The third kappa shape index (κ3) is 4.18. The second-order valence-corrected chi connectivity index (χ2v) is 5.05. The van der Waals surface area contributed by atoms with Crippen LogP contribution in [0.5, 0.6) is 5.88 Å². The molecule has 106 valence electrons. The van der Waals surface area contributed by atoms with Crippen LogP contribution in [0.1, 0.15) is 25.3 Å². The Morgan fingerprint density at radius 3 is 3.00 bits per heavy atom. The largest absolute Gasteiger partial charge is 0.481 e. The maximum Gasteiger partial charge on any atom is 0.212 e. The Balaban J connectivity index is 1.97. The van der Waals surface area contributed by atoms with Gasteiger partial charge in [0.1, 0.15) is 0 Å². The fourth-order valence-electron chi connectivity index (χ4n) is 2.66. The molecule has 4 nitrogen and oxygen atoms in total. The van der Waals surface area contributed by atoms with Gasteiger partial charge in [0.25, 0.3) is 0 Å². The number of nitrogens with zero attached hydrogens (tertiary/aromatic N) is 1. The summed E-state index contributed by atoms with van der Waals surface area (Å²) in [7, 11) is 1.64. The van der Waals surface area contributed by atoms with E-state index in [1.54, 1.807) is 7.11 Å². The van der Waals surface area contributed by atoms with Crippen LogP contribution >= 0.6 is 0 Å². The molecule has 0 bridgehead atoms. The Morgan fingerprint density at radius 2 is 2.42 bits per heavy atom. The number of aromatic nitrogens is 1. The summed E-state index contributed by atoms with van der Waals surface area (Å²) in [6.45, 7) is 4.94. The van der Waals surface area contributed by atoms with E-state index in [9.17, 15) is 0 Å². The Bertz CT molecular complexity index is 361. The third-order valence-electron chi connectivity index (χ3n) is 3.69. The van der Waals surface area contributed by atoms with Crippen molar-refractivity contribution in [2.75, 3.05) is 26.9 Å². The first-order chi connectivity index (χ1) is 9.33. The first kappa shape index (κ1) is 14.3. The minimum atomic E-state index is 0.473. The SMILES string of the molecule is CCNC(Cc1ccc(OC)nc1)C1CCCOC1. The minimum absolute atomic E-state index is 0.473. The highest BCUT2D eigenvalue weighted by atomic mass is 16.5. The number of rotatable bonds is 6. The molecule has 0 amide bonds. The van der Waals surface area contributed by atoms with Crippen molar-refractivity contribution in [3.63, 3.8) is 0 Å². The number of methoxy groups -OCH3 is 1. The number of hydrogen-bond acceptors (Lipinski definition) is 4. The van der Waals surface area contributed by atoms with Crippen LogP contribution < -0.4 is 10.1 Å². The molecule has 0 aromatic carbocycles. The Morgan fingerprint density at radius 1 is 1.53 bits per heavy atom.